The normalized spacial score (nSPS) is 12.2. The van der Waals surface area contributed by atoms with Crippen molar-refractivity contribution in [2.24, 2.45) is 5.92 Å². The number of nitrogens with one attached hydrogen (secondary N) is 1. The summed E-state index contributed by atoms with van der Waals surface area (Å²) in [5.74, 6) is -0.623. The average Bonchev–Trinajstić information content (AvgIpc) is 2.31. The lowest BCUT2D eigenvalue weighted by atomic mass is 10.0. The first-order chi connectivity index (χ1) is 9.29. The standard InChI is InChI=1S/C14H19FN2O2S/c1-8(2)14(9(3)18)17-13(19)7-20-12-5-10(15)4-11(16)6-12/h4-6,8,14H,7,16H2,1-3H3,(H,17,19). The second-order valence-corrected chi connectivity index (χ2v) is 5.96. The van der Waals surface area contributed by atoms with Crippen molar-refractivity contribution in [3.63, 3.8) is 0 Å². The number of benzene rings is 1. The number of carbonyl (C=O) groups is 2. The third-order valence-electron chi connectivity index (χ3n) is 2.68. The fourth-order valence-electron chi connectivity index (χ4n) is 1.77. The van der Waals surface area contributed by atoms with E-state index in [1.54, 1.807) is 6.07 Å². The molecular weight excluding hydrogens is 279 g/mol. The summed E-state index contributed by atoms with van der Waals surface area (Å²) >= 11 is 1.18. The second-order valence-electron chi connectivity index (χ2n) is 4.91. The van der Waals surface area contributed by atoms with Crippen LogP contribution < -0.4 is 11.1 Å². The molecule has 20 heavy (non-hydrogen) atoms. The van der Waals surface area contributed by atoms with Gasteiger partial charge in [-0.3, -0.25) is 9.59 Å². The molecule has 0 saturated carbocycles. The summed E-state index contributed by atoms with van der Waals surface area (Å²) in [5, 5.41) is 2.68. The Balaban J connectivity index is 2.56. The van der Waals surface area contributed by atoms with E-state index < -0.39 is 11.9 Å². The molecule has 0 heterocycles. The summed E-state index contributed by atoms with van der Waals surface area (Å²) in [6.45, 7) is 5.19. The molecule has 0 bridgehead atoms. The van der Waals surface area contributed by atoms with Crippen LogP contribution in [0.4, 0.5) is 10.1 Å². The Kier molecular flexibility index (Phi) is 6.01. The molecule has 0 aliphatic carbocycles. The monoisotopic (exact) mass is 298 g/mol. The number of hydrogen-bond donors (Lipinski definition) is 2. The van der Waals surface area contributed by atoms with Gasteiger partial charge in [0.2, 0.25) is 5.91 Å². The Hall–Kier alpha value is -1.56. The number of halogens is 1. The van der Waals surface area contributed by atoms with Gasteiger partial charge in [-0.25, -0.2) is 4.39 Å². The minimum absolute atomic E-state index is 0.0336. The number of ketones is 1. The van der Waals surface area contributed by atoms with Crippen molar-refractivity contribution in [1.82, 2.24) is 5.32 Å². The first kappa shape index (κ1) is 16.5. The van der Waals surface area contributed by atoms with Gasteiger partial charge in [0.1, 0.15) is 5.82 Å². The zero-order valence-corrected chi connectivity index (χ0v) is 12.6. The van der Waals surface area contributed by atoms with Crippen molar-refractivity contribution >= 4 is 29.1 Å². The molecule has 1 amide bonds. The Bertz CT molecular complexity index is 486. The van der Waals surface area contributed by atoms with Gasteiger partial charge in [0, 0.05) is 10.6 Å². The highest BCUT2D eigenvalue weighted by Crippen LogP contribution is 2.22. The van der Waals surface area contributed by atoms with Crippen LogP contribution >= 0.6 is 11.8 Å². The minimum atomic E-state index is -0.485. The Morgan fingerprint density at radius 2 is 2.00 bits per heavy atom. The van der Waals surface area contributed by atoms with Crippen molar-refractivity contribution < 1.29 is 14.0 Å². The van der Waals surface area contributed by atoms with Crippen molar-refractivity contribution in [3.8, 4) is 0 Å². The molecule has 1 atom stereocenters. The lowest BCUT2D eigenvalue weighted by Crippen LogP contribution is -2.44. The van der Waals surface area contributed by atoms with Crippen molar-refractivity contribution in [3.05, 3.63) is 24.0 Å². The summed E-state index contributed by atoms with van der Waals surface area (Å²) in [5.41, 5.74) is 5.84. The summed E-state index contributed by atoms with van der Waals surface area (Å²) in [6.07, 6.45) is 0. The Morgan fingerprint density at radius 1 is 1.35 bits per heavy atom. The highest BCUT2D eigenvalue weighted by Gasteiger charge is 2.20. The first-order valence-electron chi connectivity index (χ1n) is 6.28. The number of hydrogen-bond acceptors (Lipinski definition) is 4. The maximum absolute atomic E-state index is 13.1. The minimum Gasteiger partial charge on any atom is -0.399 e. The third-order valence-corrected chi connectivity index (χ3v) is 3.66. The van der Waals surface area contributed by atoms with Crippen LogP contribution in [0, 0.1) is 11.7 Å². The van der Waals surface area contributed by atoms with E-state index in [-0.39, 0.29) is 23.4 Å². The van der Waals surface area contributed by atoms with Crippen molar-refractivity contribution in [2.45, 2.75) is 31.7 Å². The van der Waals surface area contributed by atoms with E-state index >= 15 is 0 Å². The predicted molar refractivity (Wildman–Crippen MR) is 79.0 cm³/mol. The second kappa shape index (κ2) is 7.28. The molecule has 3 N–H and O–H groups in total. The summed E-state index contributed by atoms with van der Waals surface area (Å²) in [6, 6.07) is 3.65. The number of carbonyl (C=O) groups excluding carboxylic acids is 2. The van der Waals surface area contributed by atoms with Crippen LogP contribution in [0.3, 0.4) is 0 Å². The van der Waals surface area contributed by atoms with Crippen LogP contribution in [0.5, 0.6) is 0 Å². The maximum atomic E-state index is 13.1. The molecule has 0 saturated heterocycles. The third kappa shape index (κ3) is 5.21. The molecule has 4 nitrogen and oxygen atoms in total. The van der Waals surface area contributed by atoms with Crippen LogP contribution in [-0.4, -0.2) is 23.5 Å². The maximum Gasteiger partial charge on any atom is 0.230 e. The van der Waals surface area contributed by atoms with E-state index in [4.69, 9.17) is 5.73 Å². The van der Waals surface area contributed by atoms with Gasteiger partial charge in [-0.05, 0) is 31.0 Å². The van der Waals surface area contributed by atoms with E-state index in [1.165, 1.54) is 30.8 Å². The fourth-order valence-corrected chi connectivity index (χ4v) is 2.57. The number of nitrogen functional groups attached to an aromatic ring is 1. The molecule has 0 spiro atoms. The molecular formula is C14H19FN2O2S. The van der Waals surface area contributed by atoms with Gasteiger partial charge < -0.3 is 11.1 Å². The fraction of sp³-hybridized carbons (Fsp3) is 0.429. The number of thioether (sulfide) groups is 1. The zero-order chi connectivity index (χ0) is 15.3. The van der Waals surface area contributed by atoms with Gasteiger partial charge in [-0.2, -0.15) is 0 Å². The van der Waals surface area contributed by atoms with Crippen LogP contribution in [-0.2, 0) is 9.59 Å². The summed E-state index contributed by atoms with van der Waals surface area (Å²) in [4.78, 5) is 23.8. The number of rotatable bonds is 6. The van der Waals surface area contributed by atoms with Crippen LogP contribution in [0.25, 0.3) is 0 Å². The molecule has 1 aromatic rings. The van der Waals surface area contributed by atoms with Crippen molar-refractivity contribution in [2.75, 3.05) is 11.5 Å². The molecule has 1 unspecified atom stereocenters. The number of nitrogens with two attached hydrogens (primary N) is 1. The molecule has 1 aromatic carbocycles. The van der Waals surface area contributed by atoms with E-state index in [0.29, 0.717) is 10.6 Å². The lowest BCUT2D eigenvalue weighted by molar-refractivity contribution is -0.126. The van der Waals surface area contributed by atoms with Gasteiger partial charge in [-0.15, -0.1) is 11.8 Å². The number of anilines is 1. The van der Waals surface area contributed by atoms with E-state index in [9.17, 15) is 14.0 Å². The summed E-state index contributed by atoms with van der Waals surface area (Å²) < 4.78 is 13.1. The van der Waals surface area contributed by atoms with Crippen LogP contribution in [0.15, 0.2) is 23.1 Å². The SMILES string of the molecule is CC(=O)C(NC(=O)CSc1cc(N)cc(F)c1)C(C)C. The first-order valence-corrected chi connectivity index (χ1v) is 7.27. The van der Waals surface area contributed by atoms with Gasteiger partial charge >= 0.3 is 0 Å². The van der Waals surface area contributed by atoms with Crippen molar-refractivity contribution in [1.29, 1.82) is 0 Å². The van der Waals surface area contributed by atoms with E-state index in [0.717, 1.165) is 0 Å². The number of amides is 1. The molecule has 0 aromatic heterocycles. The molecule has 6 heteroatoms. The smallest absolute Gasteiger partial charge is 0.230 e. The zero-order valence-electron chi connectivity index (χ0n) is 11.8. The van der Waals surface area contributed by atoms with E-state index in [1.807, 2.05) is 13.8 Å². The molecule has 0 fully saturated rings. The van der Waals surface area contributed by atoms with Crippen LogP contribution in [0.1, 0.15) is 20.8 Å². The van der Waals surface area contributed by atoms with Gasteiger partial charge in [0.25, 0.3) is 0 Å². The Labute approximate surface area is 122 Å². The average molecular weight is 298 g/mol. The quantitative estimate of drug-likeness (QED) is 0.624. The van der Waals surface area contributed by atoms with Gasteiger partial charge in [0.05, 0.1) is 11.8 Å². The molecule has 1 rings (SSSR count). The summed E-state index contributed by atoms with van der Waals surface area (Å²) in [7, 11) is 0. The number of Topliss-reactive ketones (excluding diaryl/α,β-unsaturated/α-hetero) is 1. The van der Waals surface area contributed by atoms with Crippen LogP contribution in [0.2, 0.25) is 0 Å². The molecule has 0 aliphatic heterocycles. The Morgan fingerprint density at radius 3 is 2.50 bits per heavy atom. The molecule has 110 valence electrons. The topological polar surface area (TPSA) is 72.2 Å². The highest BCUT2D eigenvalue weighted by atomic mass is 32.2. The predicted octanol–water partition coefficient (Wildman–Crippen LogP) is 2.23. The van der Waals surface area contributed by atoms with Gasteiger partial charge in [0.15, 0.2) is 5.78 Å². The largest absolute Gasteiger partial charge is 0.399 e. The lowest BCUT2D eigenvalue weighted by Gasteiger charge is -2.19. The van der Waals surface area contributed by atoms with Gasteiger partial charge in [-0.1, -0.05) is 13.8 Å². The molecule has 0 aliphatic rings. The highest BCUT2D eigenvalue weighted by molar-refractivity contribution is 8.00. The van der Waals surface area contributed by atoms with E-state index in [2.05, 4.69) is 5.32 Å². The molecule has 0 radical (unpaired) electrons.